The summed E-state index contributed by atoms with van der Waals surface area (Å²) in [6, 6.07) is 8.67. The van der Waals surface area contributed by atoms with Crippen molar-refractivity contribution in [2.45, 2.75) is 26.8 Å². The average Bonchev–Trinajstić information content (AvgIpc) is 2.58. The zero-order valence-corrected chi connectivity index (χ0v) is 10.2. The molecule has 1 N–H and O–H groups in total. The highest BCUT2D eigenvalue weighted by atomic mass is 19.1. The van der Waals surface area contributed by atoms with E-state index >= 15 is 0 Å². The van der Waals surface area contributed by atoms with Gasteiger partial charge < -0.3 is 5.32 Å². The molecule has 1 aromatic carbocycles. The molecule has 0 atom stereocenters. The highest BCUT2D eigenvalue weighted by molar-refractivity contribution is 5.46. The Morgan fingerprint density at radius 1 is 1.29 bits per heavy atom. The van der Waals surface area contributed by atoms with Gasteiger partial charge in [-0.15, -0.1) is 0 Å². The predicted molar refractivity (Wildman–Crippen MR) is 67.0 cm³/mol. The Labute approximate surface area is 100 Å². The van der Waals surface area contributed by atoms with Crippen molar-refractivity contribution in [1.29, 1.82) is 0 Å². The summed E-state index contributed by atoms with van der Waals surface area (Å²) in [6.45, 7) is 6.03. The Balaban J connectivity index is 2.44. The van der Waals surface area contributed by atoms with Crippen LogP contribution in [0.4, 0.5) is 10.2 Å². The number of hydrogen-bond acceptors (Lipinski definition) is 2. The molecule has 0 aliphatic rings. The van der Waals surface area contributed by atoms with Crippen molar-refractivity contribution in [3.63, 3.8) is 0 Å². The van der Waals surface area contributed by atoms with Crippen molar-refractivity contribution in [3.05, 3.63) is 41.8 Å². The van der Waals surface area contributed by atoms with Gasteiger partial charge in [-0.05, 0) is 39.0 Å². The number of anilines is 1. The van der Waals surface area contributed by atoms with Gasteiger partial charge in [0.1, 0.15) is 11.6 Å². The first kappa shape index (κ1) is 11.6. The number of aromatic nitrogens is 2. The van der Waals surface area contributed by atoms with Crippen LogP contribution in [0.3, 0.4) is 0 Å². The summed E-state index contributed by atoms with van der Waals surface area (Å²) in [6.07, 6.45) is 0. The molecule has 0 radical (unpaired) electrons. The van der Waals surface area contributed by atoms with Crippen LogP contribution in [0.15, 0.2) is 30.3 Å². The Hall–Kier alpha value is -1.84. The minimum atomic E-state index is -0.258. The second-order valence-corrected chi connectivity index (χ2v) is 4.36. The smallest absolute Gasteiger partial charge is 0.130 e. The minimum Gasteiger partial charge on any atom is -0.368 e. The highest BCUT2D eigenvalue weighted by Gasteiger charge is 2.08. The van der Waals surface area contributed by atoms with Crippen LogP contribution in [0.2, 0.25) is 0 Å². The Bertz CT molecular complexity index is 517. The summed E-state index contributed by atoms with van der Waals surface area (Å²) in [5.74, 6) is 0.620. The third-order valence-electron chi connectivity index (χ3n) is 2.32. The lowest BCUT2D eigenvalue weighted by Crippen LogP contribution is -2.13. The number of nitrogens with one attached hydrogen (secondary N) is 1. The summed E-state index contributed by atoms with van der Waals surface area (Å²) in [5, 5.41) is 7.65. The Morgan fingerprint density at radius 2 is 2.06 bits per heavy atom. The number of aryl methyl sites for hydroxylation is 1. The molecule has 0 unspecified atom stereocenters. The molecular weight excluding hydrogens is 217 g/mol. The maximum absolute atomic E-state index is 13.2. The molecule has 0 aliphatic carbocycles. The normalized spacial score (nSPS) is 10.9. The van der Waals surface area contributed by atoms with Crippen LogP contribution in [0.5, 0.6) is 0 Å². The van der Waals surface area contributed by atoms with E-state index in [0.29, 0.717) is 6.04 Å². The summed E-state index contributed by atoms with van der Waals surface area (Å²) in [5.41, 5.74) is 1.62. The van der Waals surface area contributed by atoms with Gasteiger partial charge in [-0.2, -0.15) is 5.10 Å². The van der Waals surface area contributed by atoms with Crippen LogP contribution in [0, 0.1) is 12.7 Å². The van der Waals surface area contributed by atoms with Crippen molar-refractivity contribution in [2.24, 2.45) is 0 Å². The highest BCUT2D eigenvalue weighted by Crippen LogP contribution is 2.18. The quantitative estimate of drug-likeness (QED) is 0.882. The topological polar surface area (TPSA) is 29.9 Å². The summed E-state index contributed by atoms with van der Waals surface area (Å²) >= 11 is 0. The largest absolute Gasteiger partial charge is 0.368 e. The molecule has 1 heterocycles. The van der Waals surface area contributed by atoms with Crippen LogP contribution < -0.4 is 5.32 Å². The lowest BCUT2D eigenvalue weighted by atomic mass is 10.3. The maximum atomic E-state index is 13.2. The van der Waals surface area contributed by atoms with Gasteiger partial charge in [0.15, 0.2) is 0 Å². The third-order valence-corrected chi connectivity index (χ3v) is 2.32. The number of halogens is 1. The molecule has 2 aromatic rings. The lowest BCUT2D eigenvalue weighted by molar-refractivity contribution is 0.625. The van der Waals surface area contributed by atoms with E-state index in [2.05, 4.69) is 24.3 Å². The fourth-order valence-electron chi connectivity index (χ4n) is 1.70. The molecule has 0 amide bonds. The molecule has 4 heteroatoms. The first-order valence-electron chi connectivity index (χ1n) is 5.65. The van der Waals surface area contributed by atoms with E-state index in [1.807, 2.05) is 19.1 Å². The zero-order valence-electron chi connectivity index (χ0n) is 10.2. The van der Waals surface area contributed by atoms with Gasteiger partial charge in [-0.25, -0.2) is 9.07 Å². The van der Waals surface area contributed by atoms with Crippen molar-refractivity contribution < 1.29 is 4.39 Å². The lowest BCUT2D eigenvalue weighted by Gasteiger charge is -2.12. The fourth-order valence-corrected chi connectivity index (χ4v) is 1.70. The van der Waals surface area contributed by atoms with Crippen LogP contribution in [-0.4, -0.2) is 15.8 Å². The molecule has 0 spiro atoms. The number of nitrogens with zero attached hydrogens (tertiary/aromatic N) is 2. The number of hydrogen-bond donors (Lipinski definition) is 1. The van der Waals surface area contributed by atoms with E-state index in [1.54, 1.807) is 10.7 Å². The van der Waals surface area contributed by atoms with Gasteiger partial charge in [0.05, 0.1) is 11.4 Å². The molecule has 0 fully saturated rings. The van der Waals surface area contributed by atoms with Crippen molar-refractivity contribution in [1.82, 2.24) is 9.78 Å². The van der Waals surface area contributed by atoms with Gasteiger partial charge in [-0.1, -0.05) is 6.07 Å². The molecular formula is C13H16FN3. The first-order chi connectivity index (χ1) is 8.06. The SMILES string of the molecule is Cc1cc(NC(C)C)n(-c2cccc(F)c2)n1. The number of rotatable bonds is 3. The second kappa shape index (κ2) is 4.57. The molecule has 0 saturated heterocycles. The average molecular weight is 233 g/mol. The molecule has 0 aliphatic heterocycles. The van der Waals surface area contributed by atoms with E-state index in [9.17, 15) is 4.39 Å². The maximum Gasteiger partial charge on any atom is 0.130 e. The first-order valence-corrected chi connectivity index (χ1v) is 5.65. The molecule has 3 nitrogen and oxygen atoms in total. The second-order valence-electron chi connectivity index (χ2n) is 4.36. The standard InChI is InChI=1S/C13H16FN3/c1-9(2)15-13-7-10(3)16-17(13)12-6-4-5-11(14)8-12/h4-9,15H,1-3H3. The summed E-state index contributed by atoms with van der Waals surface area (Å²) in [4.78, 5) is 0. The van der Waals surface area contributed by atoms with Crippen molar-refractivity contribution >= 4 is 5.82 Å². The van der Waals surface area contributed by atoms with Crippen molar-refractivity contribution in [2.75, 3.05) is 5.32 Å². The van der Waals surface area contributed by atoms with Gasteiger partial charge in [0.2, 0.25) is 0 Å². The molecule has 1 aromatic heterocycles. The van der Waals surface area contributed by atoms with Gasteiger partial charge in [0, 0.05) is 12.1 Å². The van der Waals surface area contributed by atoms with Crippen molar-refractivity contribution in [3.8, 4) is 5.69 Å². The summed E-state index contributed by atoms with van der Waals surface area (Å²) in [7, 11) is 0. The predicted octanol–water partition coefficient (Wildman–Crippen LogP) is 3.14. The Morgan fingerprint density at radius 3 is 2.71 bits per heavy atom. The van der Waals surface area contributed by atoms with E-state index in [-0.39, 0.29) is 5.82 Å². The molecule has 0 saturated carbocycles. The van der Waals surface area contributed by atoms with Gasteiger partial charge in [0.25, 0.3) is 0 Å². The third kappa shape index (κ3) is 2.64. The fraction of sp³-hybridized carbons (Fsp3) is 0.308. The van der Waals surface area contributed by atoms with Crippen LogP contribution in [-0.2, 0) is 0 Å². The van der Waals surface area contributed by atoms with E-state index in [0.717, 1.165) is 17.2 Å². The number of benzene rings is 1. The zero-order chi connectivity index (χ0) is 12.4. The molecule has 90 valence electrons. The van der Waals surface area contributed by atoms with Gasteiger partial charge in [-0.3, -0.25) is 0 Å². The van der Waals surface area contributed by atoms with Crippen LogP contribution in [0.25, 0.3) is 5.69 Å². The molecule has 2 rings (SSSR count). The monoisotopic (exact) mass is 233 g/mol. The van der Waals surface area contributed by atoms with Crippen LogP contribution >= 0.6 is 0 Å². The van der Waals surface area contributed by atoms with Crippen LogP contribution in [0.1, 0.15) is 19.5 Å². The Kier molecular flexibility index (Phi) is 3.13. The molecule has 0 bridgehead atoms. The van der Waals surface area contributed by atoms with E-state index < -0.39 is 0 Å². The summed E-state index contributed by atoms with van der Waals surface area (Å²) < 4.78 is 14.9. The van der Waals surface area contributed by atoms with Gasteiger partial charge >= 0.3 is 0 Å². The van der Waals surface area contributed by atoms with E-state index in [4.69, 9.17) is 0 Å². The van der Waals surface area contributed by atoms with E-state index in [1.165, 1.54) is 12.1 Å². The minimum absolute atomic E-state index is 0.258. The molecule has 17 heavy (non-hydrogen) atoms.